The number of hydrogen-bond donors (Lipinski definition) is 2. The fourth-order valence-electron chi connectivity index (χ4n) is 3.11. The number of aliphatic hydroxyl groups is 1. The lowest BCUT2D eigenvalue weighted by Crippen LogP contribution is -2.48. The predicted octanol–water partition coefficient (Wildman–Crippen LogP) is 1.99. The second-order valence-electron chi connectivity index (χ2n) is 6.94. The lowest BCUT2D eigenvalue weighted by atomic mass is 9.99. The van der Waals surface area contributed by atoms with Crippen LogP contribution in [-0.2, 0) is 23.9 Å². The highest BCUT2D eigenvalue weighted by atomic mass is 19.1. The first-order valence-electron chi connectivity index (χ1n) is 10.1. The van der Waals surface area contributed by atoms with Crippen LogP contribution in [0.25, 0.3) is 0 Å². The number of β-amino-alcohol motifs (C(OH)–C–C–N with tert-alkyl or cyclic N) is 1. The summed E-state index contributed by atoms with van der Waals surface area (Å²) in [7, 11) is 0. The summed E-state index contributed by atoms with van der Waals surface area (Å²) < 4.78 is 37.0. The number of alkyl halides is 2. The van der Waals surface area contributed by atoms with Gasteiger partial charge in [-0.2, -0.15) is 0 Å². The molecule has 1 rings (SSSR count). The van der Waals surface area contributed by atoms with Gasteiger partial charge in [-0.25, -0.2) is 8.78 Å². The van der Waals surface area contributed by atoms with Crippen molar-refractivity contribution in [2.24, 2.45) is 11.7 Å². The molecule has 10 heteroatoms. The maximum Gasteiger partial charge on any atom is 0.326 e. The Labute approximate surface area is 176 Å². The van der Waals surface area contributed by atoms with Gasteiger partial charge in [-0.1, -0.05) is 19.9 Å². The summed E-state index contributed by atoms with van der Waals surface area (Å²) >= 11 is 0. The number of nitrogens with two attached hydrogens (primary N) is 1. The monoisotopic (exact) mass is 436 g/mol. The molecule has 0 spiro atoms. The summed E-state index contributed by atoms with van der Waals surface area (Å²) in [4.78, 5) is 35.3. The molecular formula is C20H34F2N2O6. The average molecular weight is 436 g/mol. The molecule has 1 aliphatic heterocycles. The van der Waals surface area contributed by atoms with Crippen molar-refractivity contribution < 1.29 is 37.7 Å². The number of rotatable bonds is 11. The third-order valence-electron chi connectivity index (χ3n) is 4.35. The first kappa shape index (κ1) is 27.9. The van der Waals surface area contributed by atoms with Crippen LogP contribution >= 0.6 is 0 Å². The van der Waals surface area contributed by atoms with E-state index in [0.29, 0.717) is 12.8 Å². The first-order chi connectivity index (χ1) is 14.1. The Kier molecular flexibility index (Phi) is 13.8. The predicted molar refractivity (Wildman–Crippen MR) is 106 cm³/mol. The second-order valence-corrected chi connectivity index (χ2v) is 6.94. The summed E-state index contributed by atoms with van der Waals surface area (Å²) in [6.45, 7) is 8.12. The molecular weight excluding hydrogens is 402 g/mol. The number of amides is 1. The summed E-state index contributed by atoms with van der Waals surface area (Å²) in [5.74, 6) is -2.47. The Morgan fingerprint density at radius 2 is 1.63 bits per heavy atom. The number of carbonyl (C=O) groups is 3. The van der Waals surface area contributed by atoms with Crippen LogP contribution in [-0.4, -0.2) is 65.8 Å². The molecule has 3 N–H and O–H groups in total. The van der Waals surface area contributed by atoms with Crippen molar-refractivity contribution in [2.45, 2.75) is 77.7 Å². The lowest BCUT2D eigenvalue weighted by molar-refractivity contribution is -0.169. The molecule has 0 radical (unpaired) electrons. The topological polar surface area (TPSA) is 119 Å². The molecule has 0 aromatic heterocycles. The summed E-state index contributed by atoms with van der Waals surface area (Å²) in [6.07, 6.45) is -0.649. The van der Waals surface area contributed by atoms with Crippen molar-refractivity contribution in [1.82, 2.24) is 4.90 Å². The zero-order valence-electron chi connectivity index (χ0n) is 17.9. The molecule has 1 aliphatic rings. The number of primary amides is 1. The molecule has 1 heterocycles. The minimum Gasteiger partial charge on any atom is -0.430 e. The van der Waals surface area contributed by atoms with Crippen molar-refractivity contribution in [3.05, 3.63) is 12.7 Å². The van der Waals surface area contributed by atoms with Crippen molar-refractivity contribution in [3.8, 4) is 0 Å². The van der Waals surface area contributed by atoms with E-state index < -0.39 is 42.7 Å². The molecule has 2 unspecified atom stereocenters. The van der Waals surface area contributed by atoms with E-state index in [4.69, 9.17) is 9.47 Å². The van der Waals surface area contributed by atoms with Crippen LogP contribution in [0.15, 0.2) is 12.7 Å². The number of halogens is 2. The number of likely N-dealkylation sites (tertiary alicyclic amines) is 1. The van der Waals surface area contributed by atoms with E-state index in [1.807, 2.05) is 0 Å². The van der Waals surface area contributed by atoms with E-state index in [1.54, 1.807) is 13.8 Å². The van der Waals surface area contributed by atoms with Crippen molar-refractivity contribution in [2.75, 3.05) is 13.2 Å². The average Bonchev–Trinajstić information content (AvgIpc) is 3.00. The van der Waals surface area contributed by atoms with Crippen LogP contribution < -0.4 is 5.73 Å². The lowest BCUT2D eigenvalue weighted by Gasteiger charge is -2.28. The normalized spacial score (nSPS) is 22.9. The second kappa shape index (κ2) is 14.8. The van der Waals surface area contributed by atoms with Crippen molar-refractivity contribution in [3.63, 3.8) is 0 Å². The zero-order chi connectivity index (χ0) is 23.3. The van der Waals surface area contributed by atoms with Gasteiger partial charge in [-0.15, -0.1) is 6.58 Å². The molecule has 8 nitrogen and oxygen atoms in total. The highest BCUT2D eigenvalue weighted by molar-refractivity contribution is 5.82. The van der Waals surface area contributed by atoms with Crippen LogP contribution in [0.1, 0.15) is 52.9 Å². The molecule has 1 fully saturated rings. The zero-order valence-corrected chi connectivity index (χ0v) is 17.9. The maximum atomic E-state index is 13.7. The third-order valence-corrected chi connectivity index (χ3v) is 4.35. The molecule has 0 aromatic carbocycles. The van der Waals surface area contributed by atoms with E-state index in [2.05, 4.69) is 12.3 Å². The summed E-state index contributed by atoms with van der Waals surface area (Å²) in [5, 5.41) is 9.30. The fourth-order valence-corrected chi connectivity index (χ4v) is 3.11. The number of ether oxygens (including phenoxy) is 2. The standard InChI is InChI=1S/C18H29F2NO5.C2H5NO/c1-4-7-14(19)25-17(23)13-11-12(6-3)16(21(13)9-10-22)18(24)26-15(20)8-5-2;1-2(3)4/h6,12-16,22H,3-5,7-11H2,1-2H3;1H3,(H2,3,4)/t12-,13-,14?,15?,16-;/m1./s1. The van der Waals surface area contributed by atoms with Gasteiger partial charge in [0.2, 0.25) is 18.6 Å². The van der Waals surface area contributed by atoms with Gasteiger partial charge in [0.25, 0.3) is 0 Å². The number of esters is 2. The van der Waals surface area contributed by atoms with E-state index in [0.717, 1.165) is 0 Å². The molecule has 0 aromatic rings. The van der Waals surface area contributed by atoms with Crippen molar-refractivity contribution in [1.29, 1.82) is 0 Å². The number of aliphatic hydroxyl groups excluding tert-OH is 1. The highest BCUT2D eigenvalue weighted by Crippen LogP contribution is 2.33. The molecule has 0 bridgehead atoms. The molecule has 0 aliphatic carbocycles. The molecule has 1 amide bonds. The van der Waals surface area contributed by atoms with E-state index >= 15 is 0 Å². The van der Waals surface area contributed by atoms with Crippen LogP contribution in [0.3, 0.4) is 0 Å². The number of nitrogens with zero attached hydrogens (tertiary/aromatic N) is 1. The largest absolute Gasteiger partial charge is 0.430 e. The minimum absolute atomic E-state index is 0.0284. The van der Waals surface area contributed by atoms with Crippen LogP contribution in [0.2, 0.25) is 0 Å². The van der Waals surface area contributed by atoms with E-state index in [1.165, 1.54) is 17.9 Å². The third kappa shape index (κ3) is 9.62. The van der Waals surface area contributed by atoms with E-state index in [9.17, 15) is 28.3 Å². The van der Waals surface area contributed by atoms with Crippen LogP contribution in [0.4, 0.5) is 8.78 Å². The summed E-state index contributed by atoms with van der Waals surface area (Å²) in [5.41, 5.74) is 4.47. The SMILES string of the molecule is C=C[C@@H]1C[C@H](C(=O)OC(F)CCC)N(CCO)[C@H]1C(=O)OC(F)CCC.CC(N)=O. The Morgan fingerprint density at radius 1 is 1.17 bits per heavy atom. The molecule has 0 saturated carbocycles. The van der Waals surface area contributed by atoms with Gasteiger partial charge < -0.3 is 20.3 Å². The highest BCUT2D eigenvalue weighted by Gasteiger charge is 2.48. The number of hydrogen-bond acceptors (Lipinski definition) is 7. The van der Waals surface area contributed by atoms with Crippen molar-refractivity contribution >= 4 is 17.8 Å². The molecule has 30 heavy (non-hydrogen) atoms. The van der Waals surface area contributed by atoms with Crippen LogP contribution in [0.5, 0.6) is 0 Å². The van der Waals surface area contributed by atoms with Gasteiger partial charge in [0.05, 0.1) is 6.61 Å². The van der Waals surface area contributed by atoms with Gasteiger partial charge in [0.15, 0.2) is 0 Å². The van der Waals surface area contributed by atoms with E-state index in [-0.39, 0.29) is 38.3 Å². The first-order valence-corrected chi connectivity index (χ1v) is 10.1. The smallest absolute Gasteiger partial charge is 0.326 e. The van der Waals surface area contributed by atoms with Gasteiger partial charge in [0, 0.05) is 32.2 Å². The van der Waals surface area contributed by atoms with Gasteiger partial charge in [-0.3, -0.25) is 19.3 Å². The van der Waals surface area contributed by atoms with Crippen LogP contribution in [0, 0.1) is 5.92 Å². The van der Waals surface area contributed by atoms with Gasteiger partial charge in [-0.05, 0) is 19.3 Å². The maximum absolute atomic E-state index is 13.7. The Morgan fingerprint density at radius 3 is 2.03 bits per heavy atom. The fraction of sp³-hybridized carbons (Fsp3) is 0.750. The quantitative estimate of drug-likeness (QED) is 0.375. The minimum atomic E-state index is -1.74. The Hall–Kier alpha value is -2.07. The number of carbonyl (C=O) groups excluding carboxylic acids is 3. The molecule has 174 valence electrons. The van der Waals surface area contributed by atoms with Gasteiger partial charge >= 0.3 is 11.9 Å². The Balaban J connectivity index is 0.00000192. The van der Waals surface area contributed by atoms with Gasteiger partial charge in [0.1, 0.15) is 12.1 Å². The summed E-state index contributed by atoms with van der Waals surface area (Å²) in [6, 6.07) is -1.90. The molecule has 5 atom stereocenters. The Bertz CT molecular complexity index is 559. The molecule has 1 saturated heterocycles.